The van der Waals surface area contributed by atoms with Gasteiger partial charge in [-0.3, -0.25) is 4.79 Å². The zero-order chi connectivity index (χ0) is 20.1. The molecule has 1 unspecified atom stereocenters. The molecular formula is C21H24N4O2S. The van der Waals surface area contributed by atoms with Crippen LogP contribution in [-0.2, 0) is 0 Å². The molecule has 0 aliphatic rings. The summed E-state index contributed by atoms with van der Waals surface area (Å²) in [5, 5.41) is 8.86. The smallest absolute Gasteiger partial charge is 0.321 e. The Morgan fingerprint density at radius 2 is 1.82 bits per heavy atom. The molecule has 2 heterocycles. The number of nitrogens with one attached hydrogen (secondary N) is 2. The van der Waals surface area contributed by atoms with E-state index in [2.05, 4.69) is 15.6 Å². The Morgan fingerprint density at radius 1 is 1.11 bits per heavy atom. The molecule has 3 amide bonds. The lowest BCUT2D eigenvalue weighted by Gasteiger charge is -2.19. The Balaban J connectivity index is 1.66. The lowest BCUT2D eigenvalue weighted by atomic mass is 10.1. The van der Waals surface area contributed by atoms with Crippen LogP contribution in [0.15, 0.2) is 48.0 Å². The number of aromatic nitrogens is 1. The molecule has 6 nitrogen and oxygen atoms in total. The van der Waals surface area contributed by atoms with Gasteiger partial charge in [-0.15, -0.1) is 11.3 Å². The highest BCUT2D eigenvalue weighted by atomic mass is 32.1. The van der Waals surface area contributed by atoms with Crippen LogP contribution in [0.1, 0.15) is 42.9 Å². The van der Waals surface area contributed by atoms with Crippen LogP contribution in [0.25, 0.3) is 10.1 Å². The standard InChI is InChI=1S/C21H24N4O2S/c1-4-25(5-2)21(27)24-17-8-6-15(7-9-17)14(3)23-20(26)18-19-16(10-12-22-18)11-13-28-19/h6-14H,4-5H2,1-3H3,(H,23,26)(H,24,27). The monoisotopic (exact) mass is 396 g/mol. The van der Waals surface area contributed by atoms with Crippen molar-refractivity contribution in [3.63, 3.8) is 0 Å². The van der Waals surface area contributed by atoms with Crippen molar-refractivity contribution in [3.05, 3.63) is 59.2 Å². The Bertz CT molecular complexity index is 964. The second-order valence-electron chi connectivity index (χ2n) is 6.42. The van der Waals surface area contributed by atoms with Crippen LogP contribution in [-0.4, -0.2) is 34.9 Å². The molecule has 146 valence electrons. The fourth-order valence-corrected chi connectivity index (χ4v) is 3.85. The molecule has 0 spiro atoms. The third kappa shape index (κ3) is 4.31. The Labute approximate surface area is 168 Å². The first kappa shape index (κ1) is 19.8. The normalized spacial score (nSPS) is 11.8. The molecule has 2 N–H and O–H groups in total. The third-order valence-electron chi connectivity index (χ3n) is 4.64. The zero-order valence-corrected chi connectivity index (χ0v) is 17.0. The molecule has 7 heteroatoms. The molecule has 28 heavy (non-hydrogen) atoms. The molecule has 0 saturated heterocycles. The van der Waals surface area contributed by atoms with Crippen LogP contribution in [0.5, 0.6) is 0 Å². The van der Waals surface area contributed by atoms with Gasteiger partial charge in [0.25, 0.3) is 5.91 Å². The van der Waals surface area contributed by atoms with E-state index in [9.17, 15) is 9.59 Å². The Kier molecular flexibility index (Phi) is 6.26. The maximum absolute atomic E-state index is 12.7. The maximum atomic E-state index is 12.7. The lowest BCUT2D eigenvalue weighted by molar-refractivity contribution is 0.0937. The number of hydrogen-bond donors (Lipinski definition) is 2. The summed E-state index contributed by atoms with van der Waals surface area (Å²) in [6.07, 6.45) is 1.65. The van der Waals surface area contributed by atoms with E-state index in [0.717, 1.165) is 21.3 Å². The largest absolute Gasteiger partial charge is 0.344 e. The van der Waals surface area contributed by atoms with Crippen LogP contribution in [0.2, 0.25) is 0 Å². The number of benzene rings is 1. The van der Waals surface area contributed by atoms with E-state index in [4.69, 9.17) is 0 Å². The molecular weight excluding hydrogens is 372 g/mol. The van der Waals surface area contributed by atoms with Crippen molar-refractivity contribution in [1.29, 1.82) is 0 Å². The van der Waals surface area contributed by atoms with E-state index in [1.54, 1.807) is 11.1 Å². The van der Waals surface area contributed by atoms with Gasteiger partial charge in [0.05, 0.1) is 10.7 Å². The number of hydrogen-bond acceptors (Lipinski definition) is 4. The summed E-state index contributed by atoms with van der Waals surface area (Å²) < 4.78 is 0.890. The third-order valence-corrected chi connectivity index (χ3v) is 5.58. The van der Waals surface area contributed by atoms with Crippen molar-refractivity contribution >= 4 is 39.0 Å². The molecule has 0 aliphatic carbocycles. The molecule has 0 bridgehead atoms. The maximum Gasteiger partial charge on any atom is 0.321 e. The van der Waals surface area contributed by atoms with Gasteiger partial charge in [0.1, 0.15) is 5.69 Å². The number of rotatable bonds is 6. The second kappa shape index (κ2) is 8.84. The molecule has 3 aromatic rings. The summed E-state index contributed by atoms with van der Waals surface area (Å²) in [6, 6.07) is 11.1. The quantitative estimate of drug-likeness (QED) is 0.636. The summed E-state index contributed by atoms with van der Waals surface area (Å²) >= 11 is 1.51. The van der Waals surface area contributed by atoms with Crippen LogP contribution in [0, 0.1) is 0 Å². The lowest BCUT2D eigenvalue weighted by Crippen LogP contribution is -2.34. The number of nitrogens with zero attached hydrogens (tertiary/aromatic N) is 2. The molecule has 0 aliphatic heterocycles. The van der Waals surface area contributed by atoms with Gasteiger partial charge in [-0.25, -0.2) is 9.78 Å². The van der Waals surface area contributed by atoms with Gasteiger partial charge in [-0.05, 0) is 61.4 Å². The van der Waals surface area contributed by atoms with Crippen molar-refractivity contribution in [2.45, 2.75) is 26.8 Å². The Morgan fingerprint density at radius 3 is 2.50 bits per heavy atom. The highest BCUT2D eigenvalue weighted by Gasteiger charge is 2.16. The van der Waals surface area contributed by atoms with Gasteiger partial charge in [0.2, 0.25) is 0 Å². The van der Waals surface area contributed by atoms with E-state index in [1.807, 2.05) is 62.5 Å². The van der Waals surface area contributed by atoms with E-state index in [1.165, 1.54) is 11.3 Å². The molecule has 1 atom stereocenters. The topological polar surface area (TPSA) is 74.3 Å². The predicted molar refractivity (Wildman–Crippen MR) is 114 cm³/mol. The van der Waals surface area contributed by atoms with Crippen LogP contribution in [0.4, 0.5) is 10.5 Å². The number of carbonyl (C=O) groups excluding carboxylic acids is 2. The molecule has 0 radical (unpaired) electrons. The van der Waals surface area contributed by atoms with Crippen molar-refractivity contribution < 1.29 is 9.59 Å². The summed E-state index contributed by atoms with van der Waals surface area (Å²) in [5.74, 6) is -0.195. The summed E-state index contributed by atoms with van der Waals surface area (Å²) in [5.41, 5.74) is 2.12. The predicted octanol–water partition coefficient (Wildman–Crippen LogP) is 4.66. The number of anilines is 1. The average Bonchev–Trinajstić information content (AvgIpc) is 3.18. The van der Waals surface area contributed by atoms with Crippen LogP contribution in [0.3, 0.4) is 0 Å². The number of fused-ring (bicyclic) bond motifs is 1. The number of urea groups is 1. The number of amides is 3. The Hall–Kier alpha value is -2.93. The molecule has 0 fully saturated rings. The SMILES string of the molecule is CCN(CC)C(=O)Nc1ccc(C(C)NC(=O)c2nccc3ccsc23)cc1. The second-order valence-corrected chi connectivity index (χ2v) is 7.33. The zero-order valence-electron chi connectivity index (χ0n) is 16.2. The van der Waals surface area contributed by atoms with E-state index >= 15 is 0 Å². The molecule has 1 aromatic carbocycles. The fourth-order valence-electron chi connectivity index (χ4n) is 2.97. The van der Waals surface area contributed by atoms with E-state index < -0.39 is 0 Å². The van der Waals surface area contributed by atoms with Crippen molar-refractivity contribution in [2.24, 2.45) is 0 Å². The first-order valence-corrected chi connectivity index (χ1v) is 10.2. The summed E-state index contributed by atoms with van der Waals surface area (Å²) in [4.78, 5) is 30.8. The number of pyridine rings is 1. The van der Waals surface area contributed by atoms with Crippen LogP contribution < -0.4 is 10.6 Å². The minimum atomic E-state index is -0.195. The highest BCUT2D eigenvalue weighted by molar-refractivity contribution is 7.17. The van der Waals surface area contributed by atoms with E-state index in [0.29, 0.717) is 18.8 Å². The minimum absolute atomic E-state index is 0.116. The summed E-state index contributed by atoms with van der Waals surface area (Å²) in [7, 11) is 0. The van der Waals surface area contributed by atoms with Gasteiger partial charge >= 0.3 is 6.03 Å². The number of carbonyl (C=O) groups is 2. The first-order valence-electron chi connectivity index (χ1n) is 9.32. The first-order chi connectivity index (χ1) is 13.5. The fraction of sp³-hybridized carbons (Fsp3) is 0.286. The van der Waals surface area contributed by atoms with Gasteiger partial charge in [0, 0.05) is 25.0 Å². The minimum Gasteiger partial charge on any atom is -0.344 e. The average molecular weight is 397 g/mol. The van der Waals surface area contributed by atoms with Crippen molar-refractivity contribution in [2.75, 3.05) is 18.4 Å². The van der Waals surface area contributed by atoms with Gasteiger partial charge in [0.15, 0.2) is 0 Å². The molecule has 0 saturated carbocycles. The van der Waals surface area contributed by atoms with Crippen LogP contribution >= 0.6 is 11.3 Å². The van der Waals surface area contributed by atoms with Gasteiger partial charge in [-0.1, -0.05) is 12.1 Å². The van der Waals surface area contributed by atoms with Gasteiger partial charge in [-0.2, -0.15) is 0 Å². The van der Waals surface area contributed by atoms with Crippen molar-refractivity contribution in [1.82, 2.24) is 15.2 Å². The van der Waals surface area contributed by atoms with Gasteiger partial charge < -0.3 is 15.5 Å². The molecule has 3 rings (SSSR count). The highest BCUT2D eigenvalue weighted by Crippen LogP contribution is 2.24. The van der Waals surface area contributed by atoms with E-state index in [-0.39, 0.29) is 18.0 Å². The van der Waals surface area contributed by atoms with Crippen molar-refractivity contribution in [3.8, 4) is 0 Å². The molecule has 2 aromatic heterocycles. The summed E-state index contributed by atoms with van der Waals surface area (Å²) in [6.45, 7) is 7.14. The number of thiophene rings is 1.